The van der Waals surface area contributed by atoms with E-state index in [0.717, 1.165) is 38.6 Å². The molecular formula is C17H27NO2S. The molecule has 0 radical (unpaired) electrons. The molecule has 4 heteroatoms. The molecule has 0 spiro atoms. The first kappa shape index (κ1) is 16.5. The van der Waals surface area contributed by atoms with E-state index in [2.05, 4.69) is 31.3 Å². The van der Waals surface area contributed by atoms with Crippen LogP contribution >= 0.6 is 0 Å². The molecule has 1 heterocycles. The van der Waals surface area contributed by atoms with Gasteiger partial charge < -0.3 is 5.32 Å². The van der Waals surface area contributed by atoms with Crippen molar-refractivity contribution in [2.75, 3.05) is 12.3 Å². The van der Waals surface area contributed by atoms with Crippen molar-refractivity contribution in [3.63, 3.8) is 0 Å². The molecule has 1 fully saturated rings. The lowest BCUT2D eigenvalue weighted by molar-refractivity contribution is 0.433. The molecule has 21 heavy (non-hydrogen) atoms. The highest BCUT2D eigenvalue weighted by molar-refractivity contribution is 7.92. The van der Waals surface area contributed by atoms with Gasteiger partial charge in [0, 0.05) is 6.04 Å². The Labute approximate surface area is 129 Å². The summed E-state index contributed by atoms with van der Waals surface area (Å²) in [6.07, 6.45) is 4.48. The van der Waals surface area contributed by atoms with Crippen molar-refractivity contribution < 1.29 is 8.42 Å². The zero-order valence-electron chi connectivity index (χ0n) is 13.1. The van der Waals surface area contributed by atoms with Gasteiger partial charge in [0.25, 0.3) is 0 Å². The van der Waals surface area contributed by atoms with Crippen molar-refractivity contribution >= 4 is 9.84 Å². The Balaban J connectivity index is 2.19. The maximum absolute atomic E-state index is 12.4. The molecule has 1 aromatic carbocycles. The van der Waals surface area contributed by atoms with Crippen LogP contribution < -0.4 is 5.32 Å². The van der Waals surface area contributed by atoms with Crippen LogP contribution in [-0.4, -0.2) is 32.0 Å². The van der Waals surface area contributed by atoms with Gasteiger partial charge in [0.2, 0.25) is 0 Å². The molecule has 1 N–H and O–H groups in total. The van der Waals surface area contributed by atoms with E-state index in [0.29, 0.717) is 5.75 Å². The van der Waals surface area contributed by atoms with Gasteiger partial charge >= 0.3 is 0 Å². The van der Waals surface area contributed by atoms with Crippen LogP contribution in [0.15, 0.2) is 24.3 Å². The second kappa shape index (κ2) is 7.41. The van der Waals surface area contributed by atoms with Gasteiger partial charge in [-0.25, -0.2) is 8.42 Å². The molecule has 0 amide bonds. The summed E-state index contributed by atoms with van der Waals surface area (Å²) in [5.74, 6) is 0.357. The van der Waals surface area contributed by atoms with Crippen LogP contribution in [-0.2, 0) is 16.3 Å². The molecule has 1 aliphatic heterocycles. The van der Waals surface area contributed by atoms with E-state index in [4.69, 9.17) is 0 Å². The number of aryl methyl sites for hydroxylation is 1. The fourth-order valence-electron chi connectivity index (χ4n) is 3.17. The van der Waals surface area contributed by atoms with Gasteiger partial charge in [-0.05, 0) is 50.3 Å². The smallest absolute Gasteiger partial charge is 0.154 e. The summed E-state index contributed by atoms with van der Waals surface area (Å²) in [6, 6.07) is 8.32. The fraction of sp³-hybridized carbons (Fsp3) is 0.647. The third-order valence-corrected chi connectivity index (χ3v) is 6.78. The van der Waals surface area contributed by atoms with E-state index in [1.54, 1.807) is 0 Å². The predicted molar refractivity (Wildman–Crippen MR) is 88.4 cm³/mol. The molecule has 118 valence electrons. The Kier molecular flexibility index (Phi) is 5.82. The summed E-state index contributed by atoms with van der Waals surface area (Å²) in [4.78, 5) is 0. The second-order valence-electron chi connectivity index (χ2n) is 6.09. The molecule has 2 unspecified atom stereocenters. The molecule has 3 nitrogen and oxygen atoms in total. The molecular weight excluding hydrogens is 282 g/mol. The summed E-state index contributed by atoms with van der Waals surface area (Å²) >= 11 is 0. The first-order chi connectivity index (χ1) is 10.0. The first-order valence-corrected chi connectivity index (χ1v) is 9.75. The van der Waals surface area contributed by atoms with Crippen molar-refractivity contribution in [3.05, 3.63) is 35.4 Å². The molecule has 0 aliphatic carbocycles. The predicted octanol–water partition coefficient (Wildman–Crippen LogP) is 2.87. The topological polar surface area (TPSA) is 46.2 Å². The van der Waals surface area contributed by atoms with Gasteiger partial charge in [0.05, 0.1) is 11.0 Å². The van der Waals surface area contributed by atoms with Crippen LogP contribution in [0.1, 0.15) is 43.7 Å². The van der Waals surface area contributed by atoms with Gasteiger partial charge in [-0.3, -0.25) is 0 Å². The second-order valence-corrected chi connectivity index (χ2v) is 8.43. The Morgan fingerprint density at radius 2 is 2.05 bits per heavy atom. The maximum atomic E-state index is 12.4. The van der Waals surface area contributed by atoms with E-state index in [9.17, 15) is 8.42 Å². The Hall–Kier alpha value is -0.870. The third kappa shape index (κ3) is 4.30. The summed E-state index contributed by atoms with van der Waals surface area (Å²) in [5.41, 5.74) is 2.50. The van der Waals surface area contributed by atoms with Crippen molar-refractivity contribution in [2.24, 2.45) is 0 Å². The van der Waals surface area contributed by atoms with Gasteiger partial charge in [0.1, 0.15) is 0 Å². The van der Waals surface area contributed by atoms with E-state index in [-0.39, 0.29) is 11.3 Å². The average molecular weight is 309 g/mol. The molecule has 1 saturated heterocycles. The fourth-order valence-corrected chi connectivity index (χ4v) is 5.30. The van der Waals surface area contributed by atoms with Crippen molar-refractivity contribution in [1.82, 2.24) is 5.32 Å². The molecule has 1 aromatic rings. The number of benzene rings is 1. The number of hydrogen-bond donors (Lipinski definition) is 1. The SMILES string of the molecule is CCCNC(Cc1ccccc1C)C1CCCCS1(=O)=O. The molecule has 0 aromatic heterocycles. The zero-order chi connectivity index (χ0) is 15.3. The van der Waals surface area contributed by atoms with Crippen LogP contribution in [0.5, 0.6) is 0 Å². The largest absolute Gasteiger partial charge is 0.312 e. The van der Waals surface area contributed by atoms with Crippen molar-refractivity contribution in [3.8, 4) is 0 Å². The maximum Gasteiger partial charge on any atom is 0.154 e. The number of nitrogens with one attached hydrogen (secondary N) is 1. The minimum Gasteiger partial charge on any atom is -0.312 e. The van der Waals surface area contributed by atoms with Crippen LogP contribution in [0, 0.1) is 6.92 Å². The number of sulfone groups is 1. The summed E-state index contributed by atoms with van der Waals surface area (Å²) in [5, 5.41) is 3.27. The Morgan fingerprint density at radius 3 is 2.71 bits per heavy atom. The average Bonchev–Trinajstić information content (AvgIpc) is 2.45. The third-order valence-electron chi connectivity index (χ3n) is 4.44. The lowest BCUT2D eigenvalue weighted by atomic mass is 9.96. The minimum atomic E-state index is -2.95. The minimum absolute atomic E-state index is 0.0383. The summed E-state index contributed by atoms with van der Waals surface area (Å²) < 4.78 is 24.8. The highest BCUT2D eigenvalue weighted by Crippen LogP contribution is 2.25. The standard InChI is InChI=1S/C17H27NO2S/c1-3-11-18-16(13-15-9-5-4-8-14(15)2)17-10-6-7-12-21(17,19)20/h4-5,8-9,16-18H,3,6-7,10-13H2,1-2H3. The molecule has 2 rings (SSSR count). The Morgan fingerprint density at radius 1 is 1.29 bits per heavy atom. The van der Waals surface area contributed by atoms with Crippen LogP contribution in [0.2, 0.25) is 0 Å². The molecule has 0 saturated carbocycles. The van der Waals surface area contributed by atoms with Gasteiger partial charge in [-0.1, -0.05) is 37.6 Å². The normalized spacial score (nSPS) is 22.9. The Bertz CT molecular complexity index is 554. The summed E-state index contributed by atoms with van der Waals surface area (Å²) in [6.45, 7) is 5.09. The monoisotopic (exact) mass is 309 g/mol. The van der Waals surface area contributed by atoms with Gasteiger partial charge in [-0.2, -0.15) is 0 Å². The lowest BCUT2D eigenvalue weighted by Gasteiger charge is -2.31. The number of rotatable bonds is 6. The first-order valence-electron chi connectivity index (χ1n) is 8.04. The molecule has 0 bridgehead atoms. The summed E-state index contributed by atoms with van der Waals surface area (Å²) in [7, 11) is -2.95. The molecule has 1 aliphatic rings. The van der Waals surface area contributed by atoms with Gasteiger partial charge in [-0.15, -0.1) is 0 Å². The van der Waals surface area contributed by atoms with E-state index < -0.39 is 9.84 Å². The van der Waals surface area contributed by atoms with Crippen LogP contribution in [0.3, 0.4) is 0 Å². The van der Waals surface area contributed by atoms with Gasteiger partial charge in [0.15, 0.2) is 9.84 Å². The van der Waals surface area contributed by atoms with E-state index >= 15 is 0 Å². The zero-order valence-corrected chi connectivity index (χ0v) is 14.0. The number of hydrogen-bond acceptors (Lipinski definition) is 3. The lowest BCUT2D eigenvalue weighted by Crippen LogP contribution is -2.48. The van der Waals surface area contributed by atoms with Crippen molar-refractivity contribution in [2.45, 2.75) is 57.2 Å². The van der Waals surface area contributed by atoms with Crippen LogP contribution in [0.25, 0.3) is 0 Å². The van der Waals surface area contributed by atoms with E-state index in [1.807, 2.05) is 12.1 Å². The quantitative estimate of drug-likeness (QED) is 0.879. The highest BCUT2D eigenvalue weighted by Gasteiger charge is 2.35. The molecule has 2 atom stereocenters. The van der Waals surface area contributed by atoms with E-state index in [1.165, 1.54) is 11.1 Å². The highest BCUT2D eigenvalue weighted by atomic mass is 32.2. The van der Waals surface area contributed by atoms with Crippen molar-refractivity contribution in [1.29, 1.82) is 0 Å². The van der Waals surface area contributed by atoms with Crippen LogP contribution in [0.4, 0.5) is 0 Å².